The van der Waals surface area contributed by atoms with Crippen molar-refractivity contribution in [2.45, 2.75) is 39.0 Å². The van der Waals surface area contributed by atoms with E-state index in [9.17, 15) is 0 Å². The molecule has 2 N–H and O–H groups in total. The highest BCUT2D eigenvalue weighted by Gasteiger charge is 2.34. The van der Waals surface area contributed by atoms with E-state index in [0.29, 0.717) is 0 Å². The average Bonchev–Trinajstić information content (AvgIpc) is 2.31. The smallest absolute Gasteiger partial charge is 0.00487 e. The van der Waals surface area contributed by atoms with E-state index in [2.05, 4.69) is 13.5 Å². The van der Waals surface area contributed by atoms with Crippen LogP contribution >= 0.6 is 0 Å². The summed E-state index contributed by atoms with van der Waals surface area (Å²) < 4.78 is 0. The predicted molar refractivity (Wildman–Crippen MR) is 60.9 cm³/mol. The Morgan fingerprint density at radius 1 is 1.36 bits per heavy atom. The SMILES string of the molecule is C=C1CCC2CC(CN)CC(C2)C1C. The lowest BCUT2D eigenvalue weighted by Crippen LogP contribution is -2.29. The van der Waals surface area contributed by atoms with Gasteiger partial charge in [-0.3, -0.25) is 0 Å². The van der Waals surface area contributed by atoms with Crippen LogP contribution in [0.25, 0.3) is 0 Å². The Hall–Kier alpha value is -0.300. The highest BCUT2D eigenvalue weighted by atomic mass is 14.6. The molecular weight excluding hydrogens is 170 g/mol. The third-order valence-corrected chi connectivity index (χ3v) is 4.50. The third kappa shape index (κ3) is 1.88. The fraction of sp³-hybridized carbons (Fsp3) is 0.846. The van der Waals surface area contributed by atoms with E-state index in [1.807, 2.05) is 0 Å². The summed E-state index contributed by atoms with van der Waals surface area (Å²) in [6.45, 7) is 7.50. The third-order valence-electron chi connectivity index (χ3n) is 4.50. The van der Waals surface area contributed by atoms with Gasteiger partial charge in [-0.15, -0.1) is 0 Å². The first-order valence-corrected chi connectivity index (χ1v) is 6.08. The van der Waals surface area contributed by atoms with Gasteiger partial charge in [0.2, 0.25) is 0 Å². The maximum atomic E-state index is 5.82. The summed E-state index contributed by atoms with van der Waals surface area (Å²) in [7, 11) is 0. The topological polar surface area (TPSA) is 26.0 Å². The zero-order valence-corrected chi connectivity index (χ0v) is 9.34. The van der Waals surface area contributed by atoms with Crippen molar-refractivity contribution in [2.24, 2.45) is 29.4 Å². The van der Waals surface area contributed by atoms with E-state index < -0.39 is 0 Å². The maximum Gasteiger partial charge on any atom is -0.00487 e. The number of nitrogens with two attached hydrogens (primary N) is 1. The minimum Gasteiger partial charge on any atom is -0.330 e. The van der Waals surface area contributed by atoms with Gasteiger partial charge in [0.1, 0.15) is 0 Å². The summed E-state index contributed by atoms with van der Waals surface area (Å²) in [6.07, 6.45) is 6.81. The van der Waals surface area contributed by atoms with E-state index in [-0.39, 0.29) is 0 Å². The van der Waals surface area contributed by atoms with E-state index in [1.54, 1.807) is 0 Å². The van der Waals surface area contributed by atoms with Crippen LogP contribution in [0, 0.1) is 23.7 Å². The van der Waals surface area contributed by atoms with Gasteiger partial charge in [0.15, 0.2) is 0 Å². The summed E-state index contributed by atoms with van der Waals surface area (Å²) in [5.41, 5.74) is 7.31. The van der Waals surface area contributed by atoms with E-state index in [1.165, 1.54) is 37.7 Å². The van der Waals surface area contributed by atoms with Crippen molar-refractivity contribution >= 4 is 0 Å². The van der Waals surface area contributed by atoms with Gasteiger partial charge in [-0.05, 0) is 62.3 Å². The molecule has 0 amide bonds. The summed E-state index contributed by atoms with van der Waals surface area (Å²) in [4.78, 5) is 0. The lowest BCUT2D eigenvalue weighted by Gasteiger charge is -2.35. The number of rotatable bonds is 1. The molecule has 0 spiro atoms. The van der Waals surface area contributed by atoms with E-state index in [4.69, 9.17) is 5.73 Å². The number of fused-ring (bicyclic) bond motifs is 2. The standard InChI is InChI=1S/C13H23N/c1-9-3-4-11-5-12(8-14)7-13(6-11)10(9)2/h10-13H,1,3-8,14H2,2H3. The monoisotopic (exact) mass is 193 g/mol. The Morgan fingerprint density at radius 3 is 2.86 bits per heavy atom. The van der Waals surface area contributed by atoms with Gasteiger partial charge in [-0.2, -0.15) is 0 Å². The van der Waals surface area contributed by atoms with Crippen molar-refractivity contribution in [3.63, 3.8) is 0 Å². The van der Waals surface area contributed by atoms with Gasteiger partial charge in [-0.1, -0.05) is 19.1 Å². The van der Waals surface area contributed by atoms with Gasteiger partial charge in [0.05, 0.1) is 0 Å². The second-order valence-electron chi connectivity index (χ2n) is 5.42. The molecule has 2 rings (SSSR count). The van der Waals surface area contributed by atoms with E-state index >= 15 is 0 Å². The van der Waals surface area contributed by atoms with Crippen molar-refractivity contribution in [1.29, 1.82) is 0 Å². The minimum atomic E-state index is 0.745. The molecule has 0 saturated heterocycles. The van der Waals surface area contributed by atoms with Crippen molar-refractivity contribution < 1.29 is 0 Å². The predicted octanol–water partition coefficient (Wildman–Crippen LogP) is 2.96. The largest absolute Gasteiger partial charge is 0.330 e. The highest BCUT2D eigenvalue weighted by Crippen LogP contribution is 2.44. The minimum absolute atomic E-state index is 0.745. The molecule has 2 bridgehead atoms. The quantitative estimate of drug-likeness (QED) is 0.637. The van der Waals surface area contributed by atoms with Crippen LogP contribution in [0.5, 0.6) is 0 Å². The first kappa shape index (κ1) is 10.2. The average molecular weight is 193 g/mol. The number of hydrogen-bond acceptors (Lipinski definition) is 1. The lowest BCUT2D eigenvalue weighted by atomic mass is 9.71. The molecule has 0 aromatic rings. The Balaban J connectivity index is 2.10. The van der Waals surface area contributed by atoms with Crippen molar-refractivity contribution in [1.82, 2.24) is 0 Å². The molecule has 1 heteroatoms. The normalized spacial score (nSPS) is 43.4. The van der Waals surface area contributed by atoms with Gasteiger partial charge in [0.25, 0.3) is 0 Å². The van der Waals surface area contributed by atoms with Gasteiger partial charge in [0, 0.05) is 0 Å². The first-order valence-electron chi connectivity index (χ1n) is 6.08. The van der Waals surface area contributed by atoms with Crippen LogP contribution in [0.4, 0.5) is 0 Å². The summed E-state index contributed by atoms with van der Waals surface area (Å²) >= 11 is 0. The molecular formula is C13H23N. The summed E-state index contributed by atoms with van der Waals surface area (Å²) in [5.74, 6) is 3.38. The lowest BCUT2D eigenvalue weighted by molar-refractivity contribution is 0.178. The number of hydrogen-bond donors (Lipinski definition) is 1. The highest BCUT2D eigenvalue weighted by molar-refractivity contribution is 5.05. The molecule has 0 aromatic carbocycles. The molecule has 2 aliphatic rings. The second-order valence-corrected chi connectivity index (χ2v) is 5.42. The second kappa shape index (κ2) is 4.06. The number of allylic oxidation sites excluding steroid dienone is 1. The zero-order chi connectivity index (χ0) is 10.1. The summed E-state index contributed by atoms with van der Waals surface area (Å²) in [5, 5.41) is 0. The van der Waals surface area contributed by atoms with Crippen molar-refractivity contribution in [3.8, 4) is 0 Å². The molecule has 2 saturated carbocycles. The van der Waals surface area contributed by atoms with Gasteiger partial charge >= 0.3 is 0 Å². The van der Waals surface area contributed by atoms with Crippen LogP contribution in [-0.2, 0) is 0 Å². The Morgan fingerprint density at radius 2 is 2.14 bits per heavy atom. The Labute approximate surface area is 87.8 Å². The van der Waals surface area contributed by atoms with Crippen molar-refractivity contribution in [2.75, 3.05) is 6.54 Å². The molecule has 4 atom stereocenters. The molecule has 0 radical (unpaired) electrons. The maximum absolute atomic E-state index is 5.82. The molecule has 0 aromatic heterocycles. The summed E-state index contributed by atoms with van der Waals surface area (Å²) in [6, 6.07) is 0. The molecule has 2 aliphatic carbocycles. The van der Waals surface area contributed by atoms with Crippen LogP contribution in [0.3, 0.4) is 0 Å². The van der Waals surface area contributed by atoms with E-state index in [0.717, 1.165) is 30.2 Å². The Kier molecular flexibility index (Phi) is 2.96. The molecule has 2 fully saturated rings. The van der Waals surface area contributed by atoms with Crippen molar-refractivity contribution in [3.05, 3.63) is 12.2 Å². The molecule has 4 unspecified atom stereocenters. The first-order chi connectivity index (χ1) is 6.70. The van der Waals surface area contributed by atoms with Crippen LogP contribution < -0.4 is 5.73 Å². The molecule has 14 heavy (non-hydrogen) atoms. The zero-order valence-electron chi connectivity index (χ0n) is 9.34. The van der Waals surface area contributed by atoms with Gasteiger partial charge < -0.3 is 5.73 Å². The van der Waals surface area contributed by atoms with Gasteiger partial charge in [-0.25, -0.2) is 0 Å². The van der Waals surface area contributed by atoms with Crippen LogP contribution in [0.15, 0.2) is 12.2 Å². The fourth-order valence-electron chi connectivity index (χ4n) is 3.40. The van der Waals surface area contributed by atoms with Crippen LogP contribution in [-0.4, -0.2) is 6.54 Å². The fourth-order valence-corrected chi connectivity index (χ4v) is 3.40. The Bertz CT molecular complexity index is 221. The molecule has 0 heterocycles. The molecule has 1 nitrogen and oxygen atoms in total. The molecule has 80 valence electrons. The molecule has 0 aliphatic heterocycles. The van der Waals surface area contributed by atoms with Crippen LogP contribution in [0.1, 0.15) is 39.0 Å². The van der Waals surface area contributed by atoms with Crippen LogP contribution in [0.2, 0.25) is 0 Å².